The molecule has 2 aromatic carbocycles. The fourth-order valence-corrected chi connectivity index (χ4v) is 2.56. The van der Waals surface area contributed by atoms with Crippen LogP contribution in [0.3, 0.4) is 0 Å². The summed E-state index contributed by atoms with van der Waals surface area (Å²) in [5, 5.41) is 12.4. The monoisotopic (exact) mass is 355 g/mol. The Labute approximate surface area is 151 Å². The third-order valence-electron chi connectivity index (χ3n) is 3.77. The van der Waals surface area contributed by atoms with Gasteiger partial charge in [0.15, 0.2) is 0 Å². The van der Waals surface area contributed by atoms with Crippen LogP contribution < -0.4 is 10.2 Å². The quantitative estimate of drug-likeness (QED) is 0.883. The van der Waals surface area contributed by atoms with E-state index >= 15 is 0 Å². The molecule has 5 nitrogen and oxygen atoms in total. The Morgan fingerprint density at radius 2 is 1.96 bits per heavy atom. The number of rotatable bonds is 5. The Hall–Kier alpha value is -2.84. The largest absolute Gasteiger partial charge is 0.326 e. The molecule has 25 heavy (non-hydrogen) atoms. The molecule has 0 atom stereocenters. The fourth-order valence-electron chi connectivity index (χ4n) is 2.38. The molecule has 2 aromatic rings. The van der Waals surface area contributed by atoms with Crippen molar-refractivity contribution in [2.45, 2.75) is 20.3 Å². The van der Waals surface area contributed by atoms with Gasteiger partial charge in [0, 0.05) is 36.3 Å². The molecular weight excluding hydrogens is 338 g/mol. The van der Waals surface area contributed by atoms with Crippen molar-refractivity contribution in [2.24, 2.45) is 0 Å². The number of hydrogen-bond acceptors (Lipinski definition) is 3. The molecular formula is C19H18ClN3O2. The van der Waals surface area contributed by atoms with Crippen molar-refractivity contribution in [3.05, 3.63) is 58.6 Å². The molecule has 6 heteroatoms. The van der Waals surface area contributed by atoms with Gasteiger partial charge in [0.05, 0.1) is 11.6 Å². The summed E-state index contributed by atoms with van der Waals surface area (Å²) in [5.74, 6) is -0.408. The standard InChI is InChI=1S/C19H18ClN3O2/c1-13-17(20)7-4-8-18(13)22-19(25)9-10-23(14(2)24)16-6-3-5-15(11-16)12-21/h3-8,11H,9-10H2,1-2H3,(H,22,25). The number of nitrogens with one attached hydrogen (secondary N) is 1. The Morgan fingerprint density at radius 3 is 2.64 bits per heavy atom. The molecule has 0 bridgehead atoms. The van der Waals surface area contributed by atoms with Crippen LogP contribution in [0, 0.1) is 18.3 Å². The molecule has 0 saturated heterocycles. The molecule has 0 aliphatic heterocycles. The van der Waals surface area contributed by atoms with Gasteiger partial charge in [-0.1, -0.05) is 23.7 Å². The van der Waals surface area contributed by atoms with Crippen LogP contribution in [-0.2, 0) is 9.59 Å². The second-order valence-electron chi connectivity index (χ2n) is 5.54. The van der Waals surface area contributed by atoms with Gasteiger partial charge in [0.25, 0.3) is 0 Å². The van der Waals surface area contributed by atoms with E-state index in [0.29, 0.717) is 22.0 Å². The van der Waals surface area contributed by atoms with E-state index in [1.807, 2.05) is 13.0 Å². The Kier molecular flexibility index (Phi) is 6.15. The number of halogens is 1. The van der Waals surface area contributed by atoms with Gasteiger partial charge in [-0.05, 0) is 42.8 Å². The minimum atomic E-state index is -0.215. The van der Waals surface area contributed by atoms with E-state index in [1.54, 1.807) is 42.5 Å². The zero-order chi connectivity index (χ0) is 18.4. The third-order valence-corrected chi connectivity index (χ3v) is 4.18. The topological polar surface area (TPSA) is 73.2 Å². The summed E-state index contributed by atoms with van der Waals surface area (Å²) in [4.78, 5) is 25.6. The Balaban J connectivity index is 2.06. The summed E-state index contributed by atoms with van der Waals surface area (Å²) in [7, 11) is 0. The van der Waals surface area contributed by atoms with E-state index in [1.165, 1.54) is 11.8 Å². The summed E-state index contributed by atoms with van der Waals surface area (Å²) in [6.45, 7) is 3.47. The van der Waals surface area contributed by atoms with Gasteiger partial charge in [-0.25, -0.2) is 0 Å². The minimum absolute atomic E-state index is 0.127. The first-order valence-corrected chi connectivity index (χ1v) is 8.13. The highest BCUT2D eigenvalue weighted by molar-refractivity contribution is 6.31. The van der Waals surface area contributed by atoms with E-state index in [2.05, 4.69) is 5.32 Å². The molecule has 0 spiro atoms. The van der Waals surface area contributed by atoms with E-state index in [9.17, 15) is 9.59 Å². The van der Waals surface area contributed by atoms with E-state index in [0.717, 1.165) is 5.56 Å². The van der Waals surface area contributed by atoms with E-state index in [4.69, 9.17) is 16.9 Å². The van der Waals surface area contributed by atoms with Crippen LogP contribution in [0.4, 0.5) is 11.4 Å². The summed E-state index contributed by atoms with van der Waals surface area (Å²) in [5.41, 5.74) is 2.50. The van der Waals surface area contributed by atoms with Crippen LogP contribution in [-0.4, -0.2) is 18.4 Å². The minimum Gasteiger partial charge on any atom is -0.326 e. The predicted molar refractivity (Wildman–Crippen MR) is 98.6 cm³/mol. The van der Waals surface area contributed by atoms with Crippen LogP contribution in [0.25, 0.3) is 0 Å². The van der Waals surface area contributed by atoms with Gasteiger partial charge in [-0.3, -0.25) is 9.59 Å². The summed E-state index contributed by atoms with van der Waals surface area (Å²) in [6.07, 6.45) is 0.127. The smallest absolute Gasteiger partial charge is 0.226 e. The summed E-state index contributed by atoms with van der Waals surface area (Å²) < 4.78 is 0. The Bertz CT molecular complexity index is 843. The van der Waals surface area contributed by atoms with Gasteiger partial charge in [-0.15, -0.1) is 0 Å². The van der Waals surface area contributed by atoms with Crippen molar-refractivity contribution in [3.63, 3.8) is 0 Å². The van der Waals surface area contributed by atoms with E-state index < -0.39 is 0 Å². The average Bonchev–Trinajstić information content (AvgIpc) is 2.59. The maximum absolute atomic E-state index is 12.2. The maximum Gasteiger partial charge on any atom is 0.226 e. The van der Waals surface area contributed by atoms with Gasteiger partial charge in [-0.2, -0.15) is 5.26 Å². The second kappa shape index (κ2) is 8.32. The lowest BCUT2D eigenvalue weighted by atomic mass is 10.2. The molecule has 2 amide bonds. The molecule has 128 valence electrons. The summed E-state index contributed by atoms with van der Waals surface area (Å²) >= 11 is 6.04. The molecule has 0 aromatic heterocycles. The number of nitrogens with zero attached hydrogens (tertiary/aromatic N) is 2. The van der Waals surface area contributed by atoms with Crippen molar-refractivity contribution < 1.29 is 9.59 Å². The molecule has 0 aliphatic carbocycles. The molecule has 0 unspecified atom stereocenters. The van der Waals surface area contributed by atoms with E-state index in [-0.39, 0.29) is 24.8 Å². The lowest BCUT2D eigenvalue weighted by Gasteiger charge is -2.21. The second-order valence-corrected chi connectivity index (χ2v) is 5.95. The van der Waals surface area contributed by atoms with Crippen LogP contribution in [0.15, 0.2) is 42.5 Å². The van der Waals surface area contributed by atoms with Crippen molar-refractivity contribution in [2.75, 3.05) is 16.8 Å². The SMILES string of the molecule is CC(=O)N(CCC(=O)Nc1cccc(Cl)c1C)c1cccc(C#N)c1. The molecule has 0 radical (unpaired) electrons. The first-order valence-electron chi connectivity index (χ1n) is 7.75. The highest BCUT2D eigenvalue weighted by Crippen LogP contribution is 2.23. The summed E-state index contributed by atoms with van der Waals surface area (Å²) in [6, 6.07) is 14.1. The number of anilines is 2. The van der Waals surface area contributed by atoms with Crippen LogP contribution in [0.1, 0.15) is 24.5 Å². The van der Waals surface area contributed by atoms with Gasteiger partial charge < -0.3 is 10.2 Å². The van der Waals surface area contributed by atoms with Crippen molar-refractivity contribution >= 4 is 34.8 Å². The normalized spacial score (nSPS) is 10.0. The number of benzene rings is 2. The number of nitriles is 1. The van der Waals surface area contributed by atoms with Crippen molar-refractivity contribution in [1.29, 1.82) is 5.26 Å². The third kappa shape index (κ3) is 4.82. The van der Waals surface area contributed by atoms with Crippen molar-refractivity contribution in [1.82, 2.24) is 0 Å². The first-order chi connectivity index (χ1) is 11.9. The zero-order valence-electron chi connectivity index (χ0n) is 14.0. The fraction of sp³-hybridized carbons (Fsp3) is 0.211. The number of carbonyl (C=O) groups excluding carboxylic acids is 2. The van der Waals surface area contributed by atoms with Gasteiger partial charge >= 0.3 is 0 Å². The molecule has 2 rings (SSSR count). The first kappa shape index (κ1) is 18.5. The lowest BCUT2D eigenvalue weighted by Crippen LogP contribution is -2.32. The average molecular weight is 356 g/mol. The molecule has 1 N–H and O–H groups in total. The van der Waals surface area contributed by atoms with Crippen LogP contribution in [0.5, 0.6) is 0 Å². The number of hydrogen-bond donors (Lipinski definition) is 1. The Morgan fingerprint density at radius 1 is 1.24 bits per heavy atom. The van der Waals surface area contributed by atoms with Crippen LogP contribution in [0.2, 0.25) is 5.02 Å². The van der Waals surface area contributed by atoms with Crippen LogP contribution >= 0.6 is 11.6 Å². The lowest BCUT2D eigenvalue weighted by molar-refractivity contribution is -0.117. The maximum atomic E-state index is 12.2. The number of carbonyl (C=O) groups is 2. The molecule has 0 aliphatic rings. The van der Waals surface area contributed by atoms with Crippen molar-refractivity contribution in [3.8, 4) is 6.07 Å². The molecule has 0 fully saturated rings. The number of amides is 2. The molecule has 0 saturated carbocycles. The van der Waals surface area contributed by atoms with Gasteiger partial charge in [0.2, 0.25) is 11.8 Å². The van der Waals surface area contributed by atoms with Gasteiger partial charge in [0.1, 0.15) is 0 Å². The zero-order valence-corrected chi connectivity index (χ0v) is 14.8. The molecule has 0 heterocycles. The predicted octanol–water partition coefficient (Wildman–Crippen LogP) is 3.90. The highest BCUT2D eigenvalue weighted by Gasteiger charge is 2.14. The highest BCUT2D eigenvalue weighted by atomic mass is 35.5.